The van der Waals surface area contributed by atoms with Crippen LogP contribution in [0.25, 0.3) is 0 Å². The van der Waals surface area contributed by atoms with E-state index in [-0.39, 0.29) is 12.0 Å². The van der Waals surface area contributed by atoms with Crippen LogP contribution in [0.5, 0.6) is 0 Å². The van der Waals surface area contributed by atoms with Crippen molar-refractivity contribution in [3.63, 3.8) is 0 Å². The number of carbonyl (C=O) groups is 3. The molecule has 0 spiro atoms. The van der Waals surface area contributed by atoms with Crippen LogP contribution in [-0.4, -0.2) is 54.7 Å². The Morgan fingerprint density at radius 1 is 1.08 bits per heavy atom. The predicted octanol–water partition coefficient (Wildman–Crippen LogP) is 6.00. The highest BCUT2D eigenvalue weighted by Gasteiger charge is 2.30. The lowest BCUT2D eigenvalue weighted by atomic mass is 9.86. The molecule has 1 aliphatic rings. The number of urea groups is 1. The summed E-state index contributed by atoms with van der Waals surface area (Å²) in [5, 5.41) is 5.62. The van der Waals surface area contributed by atoms with E-state index in [9.17, 15) is 14.4 Å². The van der Waals surface area contributed by atoms with Crippen molar-refractivity contribution in [1.29, 1.82) is 0 Å². The quantitative estimate of drug-likeness (QED) is 0.306. The Balaban J connectivity index is 1.76. The maximum absolute atomic E-state index is 13.2. The Morgan fingerprint density at radius 3 is 2.49 bits per heavy atom. The molecule has 0 radical (unpaired) electrons. The summed E-state index contributed by atoms with van der Waals surface area (Å²) in [6.45, 7) is 6.63. The van der Waals surface area contributed by atoms with Crippen LogP contribution in [0.2, 0.25) is 0 Å². The van der Waals surface area contributed by atoms with Crippen LogP contribution in [0.15, 0.2) is 53.0 Å². The van der Waals surface area contributed by atoms with Gasteiger partial charge in [-0.05, 0) is 94.8 Å². The van der Waals surface area contributed by atoms with Gasteiger partial charge in [0.2, 0.25) is 0 Å². The molecule has 1 unspecified atom stereocenters. The van der Waals surface area contributed by atoms with Gasteiger partial charge in [-0.3, -0.25) is 9.69 Å². The number of amides is 2. The smallest absolute Gasteiger partial charge is 0.329 e. The van der Waals surface area contributed by atoms with Crippen LogP contribution in [-0.2, 0) is 25.5 Å². The first-order valence-electron chi connectivity index (χ1n) is 13.5. The number of fused-ring (bicyclic) bond motifs is 1. The van der Waals surface area contributed by atoms with E-state index in [0.29, 0.717) is 38.0 Å². The third-order valence-corrected chi connectivity index (χ3v) is 7.16. The minimum Gasteiger partial charge on any atom is -0.469 e. The molecule has 212 valence electrons. The van der Waals surface area contributed by atoms with E-state index in [0.717, 1.165) is 23.7 Å². The Hall–Kier alpha value is -2.91. The van der Waals surface area contributed by atoms with Gasteiger partial charge >= 0.3 is 18.0 Å². The zero-order chi connectivity index (χ0) is 28.4. The predicted molar refractivity (Wildman–Crippen MR) is 155 cm³/mol. The van der Waals surface area contributed by atoms with Gasteiger partial charge in [-0.15, -0.1) is 0 Å². The molecular weight excluding hydrogens is 562 g/mol. The van der Waals surface area contributed by atoms with Gasteiger partial charge in [0.25, 0.3) is 0 Å². The van der Waals surface area contributed by atoms with Crippen LogP contribution in [0.1, 0.15) is 70.0 Å². The Bertz CT molecular complexity index is 1120. The molecule has 2 amide bonds. The number of esters is 2. The molecule has 39 heavy (non-hydrogen) atoms. The van der Waals surface area contributed by atoms with Crippen molar-refractivity contribution in [2.45, 2.75) is 77.0 Å². The van der Waals surface area contributed by atoms with Crippen LogP contribution < -0.4 is 10.6 Å². The highest BCUT2D eigenvalue weighted by Crippen LogP contribution is 2.34. The Morgan fingerprint density at radius 2 is 1.79 bits per heavy atom. The van der Waals surface area contributed by atoms with Gasteiger partial charge in [-0.25, -0.2) is 9.59 Å². The fourth-order valence-corrected chi connectivity index (χ4v) is 5.10. The van der Waals surface area contributed by atoms with Gasteiger partial charge in [0, 0.05) is 29.2 Å². The minimum absolute atomic E-state index is 0.170. The minimum atomic E-state index is -0.846. The number of hydrogen-bond acceptors (Lipinski definition) is 6. The summed E-state index contributed by atoms with van der Waals surface area (Å²) < 4.78 is 11.4. The summed E-state index contributed by atoms with van der Waals surface area (Å²) in [7, 11) is 1.40. The van der Waals surface area contributed by atoms with E-state index in [1.807, 2.05) is 32.9 Å². The number of halogens is 1. The molecule has 0 aromatic heterocycles. The Kier molecular flexibility index (Phi) is 11.4. The molecular formula is C30H40BrN3O5. The first kappa shape index (κ1) is 30.6. The third-order valence-electron chi connectivity index (χ3n) is 6.64. The van der Waals surface area contributed by atoms with E-state index in [1.165, 1.54) is 18.2 Å². The van der Waals surface area contributed by atoms with E-state index >= 15 is 0 Å². The third kappa shape index (κ3) is 9.97. The second-order valence-electron chi connectivity index (χ2n) is 10.8. The first-order chi connectivity index (χ1) is 18.6. The van der Waals surface area contributed by atoms with Crippen molar-refractivity contribution in [2.24, 2.45) is 0 Å². The largest absolute Gasteiger partial charge is 0.469 e. The Labute approximate surface area is 239 Å². The van der Waals surface area contributed by atoms with Gasteiger partial charge in [0.05, 0.1) is 7.11 Å². The molecule has 2 aromatic carbocycles. The van der Waals surface area contributed by atoms with Gasteiger partial charge < -0.3 is 20.1 Å². The zero-order valence-electron chi connectivity index (χ0n) is 23.3. The SMILES string of the molecule is COC(=O)CCCN(CC[C@@H](NC(=O)Nc1ccc(Br)cc1)C(=O)OC(C)(C)C)C1CCCc2ccccc21. The molecule has 0 bridgehead atoms. The molecule has 0 saturated heterocycles. The molecule has 0 aliphatic heterocycles. The lowest BCUT2D eigenvalue weighted by Crippen LogP contribution is -2.47. The van der Waals surface area contributed by atoms with E-state index < -0.39 is 23.6 Å². The van der Waals surface area contributed by atoms with Crippen LogP contribution >= 0.6 is 15.9 Å². The van der Waals surface area contributed by atoms with Crippen LogP contribution in [0, 0.1) is 0 Å². The molecule has 1 aliphatic carbocycles. The molecule has 0 fully saturated rings. The van der Waals surface area contributed by atoms with Crippen molar-refractivity contribution in [1.82, 2.24) is 10.2 Å². The number of rotatable bonds is 11. The molecule has 2 N–H and O–H groups in total. The average Bonchev–Trinajstić information content (AvgIpc) is 2.89. The topological polar surface area (TPSA) is 97.0 Å². The van der Waals surface area contributed by atoms with Crippen molar-refractivity contribution >= 4 is 39.6 Å². The molecule has 2 atom stereocenters. The molecule has 9 heteroatoms. The number of hydrogen-bond donors (Lipinski definition) is 2. The zero-order valence-corrected chi connectivity index (χ0v) is 24.9. The second kappa shape index (κ2) is 14.5. The number of carbonyl (C=O) groups excluding carboxylic acids is 3. The fraction of sp³-hybridized carbons (Fsp3) is 0.500. The van der Waals surface area contributed by atoms with Crippen molar-refractivity contribution in [2.75, 3.05) is 25.5 Å². The summed E-state index contributed by atoms with van der Waals surface area (Å²) in [5.41, 5.74) is 2.54. The summed E-state index contributed by atoms with van der Waals surface area (Å²) in [6.07, 6.45) is 4.42. The second-order valence-corrected chi connectivity index (χ2v) is 11.7. The summed E-state index contributed by atoms with van der Waals surface area (Å²) in [5.74, 6) is -0.719. The molecule has 0 heterocycles. The number of nitrogens with one attached hydrogen (secondary N) is 2. The standard InChI is InChI=1S/C30H40BrN3O5/c1-30(2,3)39-28(36)25(33-29(37)32-23-16-14-22(31)15-17-23)18-20-34(19-8-13-27(35)38-4)26-12-7-10-21-9-5-6-11-24(21)26/h5-6,9,11,14-17,25-26H,7-8,10,12-13,18-20H2,1-4H3,(H2,32,33,37)/t25-,26?/m1/s1. The van der Waals surface area contributed by atoms with Gasteiger partial charge in [0.1, 0.15) is 11.6 Å². The van der Waals surface area contributed by atoms with Gasteiger partial charge in [-0.1, -0.05) is 40.2 Å². The number of anilines is 1. The summed E-state index contributed by atoms with van der Waals surface area (Å²) in [4.78, 5) is 40.1. The maximum atomic E-state index is 13.2. The number of nitrogens with zero attached hydrogens (tertiary/aromatic N) is 1. The molecule has 2 aromatic rings. The summed E-state index contributed by atoms with van der Waals surface area (Å²) in [6, 6.07) is 14.5. The van der Waals surface area contributed by atoms with Gasteiger partial charge in [0.15, 0.2) is 0 Å². The summed E-state index contributed by atoms with van der Waals surface area (Å²) >= 11 is 3.39. The highest BCUT2D eigenvalue weighted by atomic mass is 79.9. The van der Waals surface area contributed by atoms with Crippen molar-refractivity contribution < 1.29 is 23.9 Å². The van der Waals surface area contributed by atoms with E-state index in [1.54, 1.807) is 12.1 Å². The number of methoxy groups -OCH3 is 1. The lowest BCUT2D eigenvalue weighted by molar-refractivity contribution is -0.157. The highest BCUT2D eigenvalue weighted by molar-refractivity contribution is 9.10. The number of ether oxygens (including phenoxy) is 2. The van der Waals surface area contributed by atoms with E-state index in [4.69, 9.17) is 9.47 Å². The van der Waals surface area contributed by atoms with Gasteiger partial charge in [-0.2, -0.15) is 0 Å². The molecule has 8 nitrogen and oxygen atoms in total. The van der Waals surface area contributed by atoms with E-state index in [2.05, 4.69) is 55.7 Å². The molecule has 3 rings (SSSR count). The van der Waals surface area contributed by atoms with Crippen LogP contribution in [0.3, 0.4) is 0 Å². The maximum Gasteiger partial charge on any atom is 0.329 e. The normalized spacial score (nSPS) is 15.7. The number of benzene rings is 2. The monoisotopic (exact) mass is 601 g/mol. The number of aryl methyl sites for hydroxylation is 1. The lowest BCUT2D eigenvalue weighted by Gasteiger charge is -2.37. The van der Waals surface area contributed by atoms with Crippen LogP contribution in [0.4, 0.5) is 10.5 Å². The van der Waals surface area contributed by atoms with Crippen molar-refractivity contribution in [3.05, 3.63) is 64.1 Å². The molecule has 0 saturated carbocycles. The first-order valence-corrected chi connectivity index (χ1v) is 14.3. The fourth-order valence-electron chi connectivity index (χ4n) is 4.84. The average molecular weight is 603 g/mol. The van der Waals surface area contributed by atoms with Crippen molar-refractivity contribution in [3.8, 4) is 0 Å².